The summed E-state index contributed by atoms with van der Waals surface area (Å²) in [6.45, 7) is 4.28. The second-order valence-corrected chi connectivity index (χ2v) is 6.14. The zero-order valence-corrected chi connectivity index (χ0v) is 13.4. The molecule has 0 aromatic heterocycles. The monoisotopic (exact) mass is 366 g/mol. The Balaban J connectivity index is 2.18. The summed E-state index contributed by atoms with van der Waals surface area (Å²) in [5.74, 6) is 5.71. The zero-order chi connectivity index (χ0) is 13.8. The van der Waals surface area contributed by atoms with Crippen molar-refractivity contribution in [2.75, 3.05) is 0 Å². The van der Waals surface area contributed by atoms with E-state index in [2.05, 4.69) is 84.3 Å². The maximum atomic E-state index is 5.71. The van der Waals surface area contributed by atoms with Crippen molar-refractivity contribution in [2.24, 2.45) is 5.84 Å². The number of hydrazine groups is 1. The molecule has 0 heterocycles. The van der Waals surface area contributed by atoms with Gasteiger partial charge >= 0.3 is 0 Å². The Bertz CT molecular complexity index is 549. The van der Waals surface area contributed by atoms with Crippen LogP contribution >= 0.6 is 22.6 Å². The van der Waals surface area contributed by atoms with Crippen molar-refractivity contribution < 1.29 is 0 Å². The molecule has 0 saturated heterocycles. The van der Waals surface area contributed by atoms with Crippen molar-refractivity contribution in [3.8, 4) is 0 Å². The number of hydrogen-bond acceptors (Lipinski definition) is 2. The van der Waals surface area contributed by atoms with Crippen LogP contribution in [0.1, 0.15) is 28.3 Å². The molecule has 0 aliphatic rings. The molecule has 2 aromatic carbocycles. The molecule has 3 N–H and O–H groups in total. The Labute approximate surface area is 128 Å². The van der Waals surface area contributed by atoms with Crippen molar-refractivity contribution in [3.63, 3.8) is 0 Å². The summed E-state index contributed by atoms with van der Waals surface area (Å²) in [4.78, 5) is 0. The molecule has 1 atom stereocenters. The summed E-state index contributed by atoms with van der Waals surface area (Å²) >= 11 is 2.31. The third-order valence-electron chi connectivity index (χ3n) is 3.48. The molecule has 0 saturated carbocycles. The Morgan fingerprint density at radius 2 is 1.74 bits per heavy atom. The molecular weight excluding hydrogens is 347 g/mol. The minimum atomic E-state index is 0.152. The van der Waals surface area contributed by atoms with Crippen molar-refractivity contribution >= 4 is 22.6 Å². The molecule has 0 aliphatic heterocycles. The fourth-order valence-corrected chi connectivity index (χ4v) is 2.49. The fraction of sp³-hybridized carbons (Fsp3) is 0.250. The number of aryl methyl sites for hydroxylation is 2. The topological polar surface area (TPSA) is 38.0 Å². The van der Waals surface area contributed by atoms with Gasteiger partial charge in [-0.2, -0.15) is 0 Å². The van der Waals surface area contributed by atoms with Crippen LogP contribution in [0.3, 0.4) is 0 Å². The molecule has 0 spiro atoms. The SMILES string of the molecule is Cc1ccc(CC(NN)c2ccc(I)cc2)cc1C. The normalized spacial score (nSPS) is 12.4. The third kappa shape index (κ3) is 3.78. The lowest BCUT2D eigenvalue weighted by Crippen LogP contribution is -2.29. The average molecular weight is 366 g/mol. The van der Waals surface area contributed by atoms with Crippen LogP contribution in [0, 0.1) is 17.4 Å². The van der Waals surface area contributed by atoms with Crippen molar-refractivity contribution in [2.45, 2.75) is 26.3 Å². The first kappa shape index (κ1) is 14.5. The van der Waals surface area contributed by atoms with Gasteiger partial charge in [0, 0.05) is 9.61 Å². The van der Waals surface area contributed by atoms with Gasteiger partial charge in [-0.25, -0.2) is 0 Å². The van der Waals surface area contributed by atoms with Crippen molar-refractivity contribution in [3.05, 3.63) is 68.3 Å². The molecule has 2 nitrogen and oxygen atoms in total. The van der Waals surface area contributed by atoms with Gasteiger partial charge in [0.05, 0.1) is 0 Å². The molecule has 0 bridgehead atoms. The Morgan fingerprint density at radius 1 is 1.05 bits per heavy atom. The van der Waals surface area contributed by atoms with Gasteiger partial charge in [0.1, 0.15) is 0 Å². The van der Waals surface area contributed by atoms with Crippen LogP contribution < -0.4 is 11.3 Å². The van der Waals surface area contributed by atoms with Crippen LogP contribution in [-0.2, 0) is 6.42 Å². The number of hydrogen-bond donors (Lipinski definition) is 2. The molecule has 19 heavy (non-hydrogen) atoms. The lowest BCUT2D eigenvalue weighted by Gasteiger charge is -2.17. The maximum absolute atomic E-state index is 5.71. The van der Waals surface area contributed by atoms with Gasteiger partial charge < -0.3 is 0 Å². The van der Waals surface area contributed by atoms with Crippen LogP contribution in [0.2, 0.25) is 0 Å². The molecule has 0 fully saturated rings. The summed E-state index contributed by atoms with van der Waals surface area (Å²) in [5, 5.41) is 0. The lowest BCUT2D eigenvalue weighted by molar-refractivity contribution is 0.552. The van der Waals surface area contributed by atoms with Gasteiger partial charge in [0.2, 0.25) is 0 Å². The Hall–Kier alpha value is -0.910. The predicted molar refractivity (Wildman–Crippen MR) is 88.8 cm³/mol. The van der Waals surface area contributed by atoms with Gasteiger partial charge in [-0.3, -0.25) is 11.3 Å². The number of rotatable bonds is 4. The highest BCUT2D eigenvalue weighted by molar-refractivity contribution is 14.1. The summed E-state index contributed by atoms with van der Waals surface area (Å²) < 4.78 is 1.24. The van der Waals surface area contributed by atoms with Gasteiger partial charge in [0.25, 0.3) is 0 Å². The number of nitrogens with one attached hydrogen (secondary N) is 1. The first-order valence-electron chi connectivity index (χ1n) is 6.38. The van der Waals surface area contributed by atoms with E-state index < -0.39 is 0 Å². The van der Waals surface area contributed by atoms with Crippen LogP contribution in [0.15, 0.2) is 42.5 Å². The van der Waals surface area contributed by atoms with Crippen LogP contribution in [0.4, 0.5) is 0 Å². The Morgan fingerprint density at radius 3 is 2.32 bits per heavy atom. The lowest BCUT2D eigenvalue weighted by atomic mass is 9.97. The van der Waals surface area contributed by atoms with Crippen LogP contribution in [-0.4, -0.2) is 0 Å². The molecular formula is C16H19IN2. The highest BCUT2D eigenvalue weighted by Gasteiger charge is 2.10. The van der Waals surface area contributed by atoms with E-state index in [0.717, 1.165) is 6.42 Å². The van der Waals surface area contributed by atoms with E-state index in [-0.39, 0.29) is 6.04 Å². The van der Waals surface area contributed by atoms with E-state index in [1.54, 1.807) is 0 Å². The zero-order valence-electron chi connectivity index (χ0n) is 11.3. The molecule has 1 unspecified atom stereocenters. The molecule has 2 aromatic rings. The second-order valence-electron chi connectivity index (χ2n) is 4.89. The summed E-state index contributed by atoms with van der Waals surface area (Å²) in [6.07, 6.45) is 0.901. The van der Waals surface area contributed by atoms with E-state index in [1.165, 1.54) is 25.8 Å². The van der Waals surface area contributed by atoms with Gasteiger partial charge in [-0.15, -0.1) is 0 Å². The average Bonchev–Trinajstić information content (AvgIpc) is 2.41. The first-order valence-corrected chi connectivity index (χ1v) is 7.45. The van der Waals surface area contributed by atoms with E-state index in [9.17, 15) is 0 Å². The highest BCUT2D eigenvalue weighted by Crippen LogP contribution is 2.20. The summed E-state index contributed by atoms with van der Waals surface area (Å²) in [7, 11) is 0. The minimum Gasteiger partial charge on any atom is -0.271 e. The van der Waals surface area contributed by atoms with Gasteiger partial charge in [-0.05, 0) is 77.2 Å². The fourth-order valence-electron chi connectivity index (χ4n) is 2.13. The van der Waals surface area contributed by atoms with Crippen molar-refractivity contribution in [1.82, 2.24) is 5.43 Å². The first-order chi connectivity index (χ1) is 9.10. The number of benzene rings is 2. The molecule has 0 aliphatic carbocycles. The molecule has 100 valence electrons. The smallest absolute Gasteiger partial charge is 0.0500 e. The number of halogens is 1. The maximum Gasteiger partial charge on any atom is 0.0500 e. The van der Waals surface area contributed by atoms with E-state index >= 15 is 0 Å². The van der Waals surface area contributed by atoms with Gasteiger partial charge in [-0.1, -0.05) is 30.3 Å². The van der Waals surface area contributed by atoms with Crippen molar-refractivity contribution in [1.29, 1.82) is 0 Å². The largest absolute Gasteiger partial charge is 0.271 e. The van der Waals surface area contributed by atoms with Gasteiger partial charge in [0.15, 0.2) is 0 Å². The van der Waals surface area contributed by atoms with E-state index in [1.807, 2.05) is 0 Å². The third-order valence-corrected chi connectivity index (χ3v) is 4.20. The van der Waals surface area contributed by atoms with E-state index in [4.69, 9.17) is 5.84 Å². The standard InChI is InChI=1S/C16H19IN2/c1-11-3-4-13(9-12(11)2)10-16(19-18)14-5-7-15(17)8-6-14/h3-9,16,19H,10,18H2,1-2H3. The van der Waals surface area contributed by atoms with Crippen LogP contribution in [0.5, 0.6) is 0 Å². The molecule has 3 heteroatoms. The summed E-state index contributed by atoms with van der Waals surface area (Å²) in [6, 6.07) is 15.2. The quantitative estimate of drug-likeness (QED) is 0.493. The molecule has 0 amide bonds. The second kappa shape index (κ2) is 6.50. The molecule has 2 rings (SSSR count). The minimum absolute atomic E-state index is 0.152. The summed E-state index contributed by atoms with van der Waals surface area (Å²) in [5.41, 5.74) is 8.11. The van der Waals surface area contributed by atoms with E-state index in [0.29, 0.717) is 0 Å². The molecule has 0 radical (unpaired) electrons. The number of nitrogens with two attached hydrogens (primary N) is 1. The predicted octanol–water partition coefficient (Wildman–Crippen LogP) is 3.66. The highest BCUT2D eigenvalue weighted by atomic mass is 127. The Kier molecular flexibility index (Phi) is 4.96. The van der Waals surface area contributed by atoms with Crippen LogP contribution in [0.25, 0.3) is 0 Å².